The molecule has 1 fully saturated rings. The van der Waals surface area contributed by atoms with Crippen LogP contribution in [0.25, 0.3) is 6.08 Å². The number of hydrogen-bond acceptors (Lipinski definition) is 6. The first-order valence-electron chi connectivity index (χ1n) is 7.70. The SMILES string of the molecule is O=C1NC(=O)N(c2cccnc2)C(=O)/C1=C/C=C/c1ccccc1[N+](=O)[O-]. The number of carbonyl (C=O) groups is 3. The van der Waals surface area contributed by atoms with E-state index < -0.39 is 22.8 Å². The second-order valence-corrected chi connectivity index (χ2v) is 5.37. The van der Waals surface area contributed by atoms with Gasteiger partial charge in [-0.05, 0) is 30.4 Å². The molecule has 1 aromatic carbocycles. The molecule has 9 heteroatoms. The number of nitro groups is 1. The number of aromatic nitrogens is 1. The number of carbonyl (C=O) groups excluding carboxylic acids is 3. The highest BCUT2D eigenvalue weighted by molar-refractivity contribution is 6.37. The van der Waals surface area contributed by atoms with E-state index >= 15 is 0 Å². The van der Waals surface area contributed by atoms with Gasteiger partial charge in [0.25, 0.3) is 17.5 Å². The average Bonchev–Trinajstić information content (AvgIpc) is 2.65. The molecule has 134 valence electrons. The highest BCUT2D eigenvalue weighted by Gasteiger charge is 2.36. The number of anilines is 1. The normalized spacial score (nSPS) is 16.1. The first kappa shape index (κ1) is 17.7. The monoisotopic (exact) mass is 364 g/mol. The standard InChI is InChI=1S/C18H12N4O5/c23-16-14(8-3-6-12-5-1-2-9-15(12)22(26)27)17(24)21(18(25)20-16)13-7-4-10-19-11-13/h1-11H,(H,20,23,25)/b6-3+,14-8+. The maximum Gasteiger partial charge on any atom is 0.336 e. The molecule has 27 heavy (non-hydrogen) atoms. The van der Waals surface area contributed by atoms with Gasteiger partial charge >= 0.3 is 6.03 Å². The van der Waals surface area contributed by atoms with Crippen molar-refractivity contribution in [2.45, 2.75) is 0 Å². The number of hydrogen-bond donors (Lipinski definition) is 1. The molecular weight excluding hydrogens is 352 g/mol. The zero-order valence-electron chi connectivity index (χ0n) is 13.7. The minimum atomic E-state index is -0.877. The van der Waals surface area contributed by atoms with Gasteiger partial charge < -0.3 is 0 Å². The van der Waals surface area contributed by atoms with E-state index in [9.17, 15) is 24.5 Å². The maximum atomic E-state index is 12.6. The molecule has 0 radical (unpaired) electrons. The van der Waals surface area contributed by atoms with E-state index in [2.05, 4.69) is 10.3 Å². The lowest BCUT2D eigenvalue weighted by Crippen LogP contribution is -2.54. The molecular formula is C18H12N4O5. The first-order valence-corrected chi connectivity index (χ1v) is 7.70. The molecule has 1 saturated heterocycles. The maximum absolute atomic E-state index is 12.6. The number of allylic oxidation sites excluding steroid dienone is 2. The van der Waals surface area contributed by atoms with Crippen LogP contribution in [0.3, 0.4) is 0 Å². The van der Waals surface area contributed by atoms with Gasteiger partial charge in [0.15, 0.2) is 0 Å². The Hall–Kier alpha value is -4.14. The molecule has 0 spiro atoms. The predicted octanol–water partition coefficient (Wildman–Crippen LogP) is 2.21. The van der Waals surface area contributed by atoms with Gasteiger partial charge in [-0.3, -0.25) is 30.0 Å². The Bertz CT molecular complexity index is 998. The van der Waals surface area contributed by atoms with Crippen LogP contribution in [-0.4, -0.2) is 27.8 Å². The second kappa shape index (κ2) is 7.40. The minimum Gasteiger partial charge on any atom is -0.273 e. The lowest BCUT2D eigenvalue weighted by molar-refractivity contribution is -0.385. The number of amides is 4. The van der Waals surface area contributed by atoms with Crippen LogP contribution in [0.2, 0.25) is 0 Å². The summed E-state index contributed by atoms with van der Waals surface area (Å²) in [5.74, 6) is -1.67. The third-order valence-corrected chi connectivity index (χ3v) is 3.68. The van der Waals surface area contributed by atoms with Gasteiger partial charge in [-0.15, -0.1) is 0 Å². The second-order valence-electron chi connectivity index (χ2n) is 5.37. The molecule has 0 aliphatic carbocycles. The quantitative estimate of drug-likeness (QED) is 0.384. The fourth-order valence-electron chi connectivity index (χ4n) is 2.44. The van der Waals surface area contributed by atoms with Gasteiger partial charge in [0, 0.05) is 12.3 Å². The summed E-state index contributed by atoms with van der Waals surface area (Å²) >= 11 is 0. The Labute approximate surface area is 152 Å². The van der Waals surface area contributed by atoms with E-state index in [1.807, 2.05) is 0 Å². The highest BCUT2D eigenvalue weighted by Crippen LogP contribution is 2.21. The molecule has 0 atom stereocenters. The first-order chi connectivity index (χ1) is 13.0. The van der Waals surface area contributed by atoms with Crippen molar-refractivity contribution in [1.29, 1.82) is 0 Å². The fraction of sp³-hybridized carbons (Fsp3) is 0. The Kier molecular flexibility index (Phi) is 4.84. The number of imide groups is 2. The van der Waals surface area contributed by atoms with Gasteiger partial charge in [0.1, 0.15) is 5.57 Å². The summed E-state index contributed by atoms with van der Waals surface area (Å²) in [5.41, 5.74) is 0.122. The molecule has 1 aliphatic heterocycles. The van der Waals surface area contributed by atoms with E-state index in [-0.39, 0.29) is 16.9 Å². The van der Waals surface area contributed by atoms with E-state index in [1.165, 1.54) is 54.9 Å². The van der Waals surface area contributed by atoms with Crippen molar-refractivity contribution in [1.82, 2.24) is 10.3 Å². The number of para-hydroxylation sites is 1. The molecule has 3 rings (SSSR count). The summed E-state index contributed by atoms with van der Waals surface area (Å²) in [7, 11) is 0. The zero-order valence-corrected chi connectivity index (χ0v) is 13.7. The Morgan fingerprint density at radius 2 is 1.89 bits per heavy atom. The van der Waals surface area contributed by atoms with E-state index in [0.29, 0.717) is 5.56 Å². The molecule has 0 bridgehead atoms. The fourth-order valence-corrected chi connectivity index (χ4v) is 2.44. The summed E-state index contributed by atoms with van der Waals surface area (Å²) in [6.45, 7) is 0. The molecule has 1 aromatic heterocycles. The summed E-state index contributed by atoms with van der Waals surface area (Å²) in [6.07, 6.45) is 6.73. The number of barbiturate groups is 1. The van der Waals surface area contributed by atoms with Crippen molar-refractivity contribution in [3.05, 3.63) is 82.2 Å². The molecule has 1 aliphatic rings. The van der Waals surface area contributed by atoms with Crippen LogP contribution in [-0.2, 0) is 9.59 Å². The van der Waals surface area contributed by atoms with E-state index in [4.69, 9.17) is 0 Å². The van der Waals surface area contributed by atoms with Crippen LogP contribution in [0.5, 0.6) is 0 Å². The van der Waals surface area contributed by atoms with E-state index in [1.54, 1.807) is 12.1 Å². The summed E-state index contributed by atoms with van der Waals surface area (Å²) in [4.78, 5) is 51.7. The van der Waals surface area contributed by atoms with Crippen molar-refractivity contribution in [3.63, 3.8) is 0 Å². The summed E-state index contributed by atoms with van der Waals surface area (Å²) < 4.78 is 0. The van der Waals surface area contributed by atoms with Crippen molar-refractivity contribution >= 4 is 35.3 Å². The van der Waals surface area contributed by atoms with Crippen molar-refractivity contribution in [2.75, 3.05) is 4.90 Å². The molecule has 1 N–H and O–H groups in total. The van der Waals surface area contributed by atoms with Gasteiger partial charge in [-0.2, -0.15) is 0 Å². The van der Waals surface area contributed by atoms with Gasteiger partial charge in [0.05, 0.1) is 22.4 Å². The van der Waals surface area contributed by atoms with Crippen molar-refractivity contribution in [2.24, 2.45) is 0 Å². The Morgan fingerprint density at radius 3 is 2.59 bits per heavy atom. The molecule has 0 saturated carbocycles. The Morgan fingerprint density at radius 1 is 1.11 bits per heavy atom. The Balaban J connectivity index is 1.91. The van der Waals surface area contributed by atoms with E-state index in [0.717, 1.165) is 4.90 Å². The molecule has 9 nitrogen and oxygen atoms in total. The van der Waals surface area contributed by atoms with Crippen LogP contribution in [0.15, 0.2) is 66.5 Å². The largest absolute Gasteiger partial charge is 0.336 e. The summed E-state index contributed by atoms with van der Waals surface area (Å²) in [6, 6.07) is 8.20. The van der Waals surface area contributed by atoms with Crippen molar-refractivity contribution < 1.29 is 19.3 Å². The van der Waals surface area contributed by atoms with Crippen LogP contribution in [0, 0.1) is 10.1 Å². The highest BCUT2D eigenvalue weighted by atomic mass is 16.6. The minimum absolute atomic E-state index is 0.112. The average molecular weight is 364 g/mol. The molecule has 2 heterocycles. The van der Waals surface area contributed by atoms with Gasteiger partial charge in [0.2, 0.25) is 0 Å². The number of rotatable bonds is 4. The number of nitro benzene ring substituents is 1. The third-order valence-electron chi connectivity index (χ3n) is 3.68. The lowest BCUT2D eigenvalue weighted by atomic mass is 10.1. The molecule has 4 amide bonds. The predicted molar refractivity (Wildman–Crippen MR) is 95.5 cm³/mol. The third kappa shape index (κ3) is 3.61. The van der Waals surface area contributed by atoms with Crippen LogP contribution >= 0.6 is 0 Å². The number of urea groups is 1. The van der Waals surface area contributed by atoms with Gasteiger partial charge in [-0.1, -0.05) is 18.2 Å². The topological polar surface area (TPSA) is 123 Å². The molecule has 0 unspecified atom stereocenters. The number of nitrogens with one attached hydrogen (secondary N) is 1. The smallest absolute Gasteiger partial charge is 0.273 e. The van der Waals surface area contributed by atoms with Gasteiger partial charge in [-0.25, -0.2) is 9.69 Å². The molecule has 2 aromatic rings. The number of nitrogens with zero attached hydrogens (tertiary/aromatic N) is 3. The summed E-state index contributed by atoms with van der Waals surface area (Å²) in [5, 5.41) is 13.1. The zero-order chi connectivity index (χ0) is 19.4. The number of pyridine rings is 1. The lowest BCUT2D eigenvalue weighted by Gasteiger charge is -2.25. The number of benzene rings is 1. The van der Waals surface area contributed by atoms with Crippen LogP contribution in [0.4, 0.5) is 16.2 Å². The van der Waals surface area contributed by atoms with Crippen molar-refractivity contribution in [3.8, 4) is 0 Å². The van der Waals surface area contributed by atoms with Crippen LogP contribution in [0.1, 0.15) is 5.56 Å². The van der Waals surface area contributed by atoms with Crippen LogP contribution < -0.4 is 10.2 Å².